The van der Waals surface area contributed by atoms with Crippen LogP contribution in [0, 0.1) is 5.92 Å². The fourth-order valence-corrected chi connectivity index (χ4v) is 3.22. The van der Waals surface area contributed by atoms with E-state index < -0.39 is 0 Å². The summed E-state index contributed by atoms with van der Waals surface area (Å²) < 4.78 is 0. The molecule has 0 aromatic heterocycles. The van der Waals surface area contributed by atoms with Crippen molar-refractivity contribution in [3.05, 3.63) is 35.9 Å². The van der Waals surface area contributed by atoms with E-state index in [-0.39, 0.29) is 0 Å². The van der Waals surface area contributed by atoms with Crippen LogP contribution in [0.15, 0.2) is 30.3 Å². The smallest absolute Gasteiger partial charge is 0.00704 e. The van der Waals surface area contributed by atoms with Gasteiger partial charge in [-0.1, -0.05) is 30.3 Å². The summed E-state index contributed by atoms with van der Waals surface area (Å²) in [4.78, 5) is 2.45. The maximum atomic E-state index is 3.82. The van der Waals surface area contributed by atoms with Crippen LogP contribution in [0.5, 0.6) is 0 Å². The number of hydrogen-bond acceptors (Lipinski definition) is 2. The van der Waals surface area contributed by atoms with Crippen LogP contribution in [0.4, 0.5) is 0 Å². The summed E-state index contributed by atoms with van der Waals surface area (Å²) in [6.07, 6.45) is 5.09. The van der Waals surface area contributed by atoms with Gasteiger partial charge in [0.2, 0.25) is 0 Å². The van der Waals surface area contributed by atoms with Gasteiger partial charge in [-0.15, -0.1) is 0 Å². The predicted molar refractivity (Wildman–Crippen MR) is 87.0 cm³/mol. The van der Waals surface area contributed by atoms with E-state index in [9.17, 15) is 0 Å². The quantitative estimate of drug-likeness (QED) is 0.856. The third-order valence-corrected chi connectivity index (χ3v) is 4.73. The van der Waals surface area contributed by atoms with Crippen LogP contribution < -0.4 is 5.32 Å². The van der Waals surface area contributed by atoms with E-state index in [1.165, 1.54) is 44.3 Å². The van der Waals surface area contributed by atoms with Crippen LogP contribution in [-0.4, -0.2) is 37.1 Å². The summed E-state index contributed by atoms with van der Waals surface area (Å²) >= 11 is 0. The van der Waals surface area contributed by atoms with E-state index in [1.807, 2.05) is 0 Å². The first-order chi connectivity index (χ1) is 9.65. The van der Waals surface area contributed by atoms with Crippen molar-refractivity contribution in [1.29, 1.82) is 0 Å². The average molecular weight is 274 g/mol. The average Bonchev–Trinajstić information content (AvgIpc) is 2.47. The van der Waals surface area contributed by atoms with Gasteiger partial charge in [-0.3, -0.25) is 0 Å². The lowest BCUT2D eigenvalue weighted by Gasteiger charge is -2.34. The van der Waals surface area contributed by atoms with Crippen LogP contribution in [-0.2, 0) is 6.42 Å². The molecule has 2 atom stereocenters. The third-order valence-electron chi connectivity index (χ3n) is 4.73. The number of aryl methyl sites for hydroxylation is 1. The molecule has 0 spiro atoms. The molecule has 112 valence electrons. The van der Waals surface area contributed by atoms with Gasteiger partial charge in [-0.25, -0.2) is 0 Å². The highest BCUT2D eigenvalue weighted by molar-refractivity contribution is 5.14. The van der Waals surface area contributed by atoms with Crippen molar-refractivity contribution in [2.75, 3.05) is 20.1 Å². The van der Waals surface area contributed by atoms with Crippen LogP contribution in [0.1, 0.15) is 38.7 Å². The first-order valence-corrected chi connectivity index (χ1v) is 8.13. The van der Waals surface area contributed by atoms with E-state index in [2.05, 4.69) is 61.4 Å². The maximum absolute atomic E-state index is 3.82. The van der Waals surface area contributed by atoms with Gasteiger partial charge in [0.1, 0.15) is 0 Å². The summed E-state index contributed by atoms with van der Waals surface area (Å²) in [6.45, 7) is 7.22. The Balaban J connectivity index is 1.69. The molecule has 1 saturated heterocycles. The van der Waals surface area contributed by atoms with Gasteiger partial charge in [-0.2, -0.15) is 0 Å². The molecule has 2 unspecified atom stereocenters. The van der Waals surface area contributed by atoms with Gasteiger partial charge < -0.3 is 10.2 Å². The zero-order valence-electron chi connectivity index (χ0n) is 13.3. The maximum Gasteiger partial charge on any atom is 0.00704 e. The lowest BCUT2D eigenvalue weighted by Crippen LogP contribution is -2.44. The molecule has 0 bridgehead atoms. The van der Waals surface area contributed by atoms with E-state index in [0.29, 0.717) is 12.1 Å². The Bertz CT molecular complexity index is 368. The molecule has 2 nitrogen and oxygen atoms in total. The molecule has 1 aromatic carbocycles. The SMILES string of the molecule is CC(CCc1ccccc1)NC(C)C1CCN(C)CC1. The lowest BCUT2D eigenvalue weighted by molar-refractivity contribution is 0.184. The van der Waals surface area contributed by atoms with Crippen molar-refractivity contribution in [3.8, 4) is 0 Å². The second-order valence-electron chi connectivity index (χ2n) is 6.52. The molecular weight excluding hydrogens is 244 g/mol. The van der Waals surface area contributed by atoms with Crippen molar-refractivity contribution in [2.45, 2.75) is 51.6 Å². The van der Waals surface area contributed by atoms with Gasteiger partial charge in [0.25, 0.3) is 0 Å². The van der Waals surface area contributed by atoms with Gasteiger partial charge >= 0.3 is 0 Å². The van der Waals surface area contributed by atoms with Crippen LogP contribution >= 0.6 is 0 Å². The zero-order valence-corrected chi connectivity index (χ0v) is 13.3. The highest BCUT2D eigenvalue weighted by Gasteiger charge is 2.22. The molecule has 0 radical (unpaired) electrons. The minimum Gasteiger partial charge on any atom is -0.311 e. The fourth-order valence-electron chi connectivity index (χ4n) is 3.22. The minimum atomic E-state index is 0.602. The number of nitrogens with one attached hydrogen (secondary N) is 1. The Hall–Kier alpha value is -0.860. The molecular formula is C18H30N2. The van der Waals surface area contributed by atoms with Gasteiger partial charge in [0.05, 0.1) is 0 Å². The molecule has 1 N–H and O–H groups in total. The Morgan fingerprint density at radius 3 is 2.45 bits per heavy atom. The Kier molecular flexibility index (Phi) is 6.06. The van der Waals surface area contributed by atoms with Crippen molar-refractivity contribution < 1.29 is 0 Å². The summed E-state index contributed by atoms with van der Waals surface area (Å²) in [5.74, 6) is 0.852. The standard InChI is InChI=1S/C18H30N2/c1-15(9-10-17-7-5-4-6-8-17)19-16(2)18-11-13-20(3)14-12-18/h4-8,15-16,18-19H,9-14H2,1-3H3. The highest BCUT2D eigenvalue weighted by atomic mass is 15.1. The number of benzene rings is 1. The number of piperidine rings is 1. The number of nitrogens with zero attached hydrogens (tertiary/aromatic N) is 1. The highest BCUT2D eigenvalue weighted by Crippen LogP contribution is 2.20. The fraction of sp³-hybridized carbons (Fsp3) is 0.667. The lowest BCUT2D eigenvalue weighted by atomic mass is 9.90. The van der Waals surface area contributed by atoms with Gasteiger partial charge in [0.15, 0.2) is 0 Å². The molecule has 1 heterocycles. The summed E-state index contributed by atoms with van der Waals surface area (Å²) in [5, 5.41) is 3.82. The molecule has 2 rings (SSSR count). The first-order valence-electron chi connectivity index (χ1n) is 8.13. The van der Waals surface area contributed by atoms with Crippen LogP contribution in [0.25, 0.3) is 0 Å². The minimum absolute atomic E-state index is 0.602. The normalized spacial score (nSPS) is 20.8. The molecule has 0 amide bonds. The Morgan fingerprint density at radius 2 is 1.80 bits per heavy atom. The molecule has 0 aliphatic carbocycles. The first kappa shape index (κ1) is 15.5. The number of likely N-dealkylation sites (tertiary alicyclic amines) is 1. The van der Waals surface area contributed by atoms with Crippen LogP contribution in [0.3, 0.4) is 0 Å². The molecule has 0 saturated carbocycles. The molecule has 1 aromatic rings. The van der Waals surface area contributed by atoms with E-state index >= 15 is 0 Å². The molecule has 2 heteroatoms. The van der Waals surface area contributed by atoms with Crippen molar-refractivity contribution in [1.82, 2.24) is 10.2 Å². The van der Waals surface area contributed by atoms with E-state index in [1.54, 1.807) is 0 Å². The Morgan fingerprint density at radius 1 is 1.15 bits per heavy atom. The largest absolute Gasteiger partial charge is 0.311 e. The van der Waals surface area contributed by atoms with E-state index in [0.717, 1.165) is 5.92 Å². The Labute approximate surface area is 124 Å². The topological polar surface area (TPSA) is 15.3 Å². The molecule has 20 heavy (non-hydrogen) atoms. The number of hydrogen-bond donors (Lipinski definition) is 1. The molecule has 1 aliphatic rings. The van der Waals surface area contributed by atoms with Crippen molar-refractivity contribution in [2.24, 2.45) is 5.92 Å². The van der Waals surface area contributed by atoms with Crippen LogP contribution in [0.2, 0.25) is 0 Å². The summed E-state index contributed by atoms with van der Waals surface area (Å²) in [5.41, 5.74) is 1.45. The monoisotopic (exact) mass is 274 g/mol. The number of rotatable bonds is 6. The second-order valence-corrected chi connectivity index (χ2v) is 6.52. The predicted octanol–water partition coefficient (Wildman–Crippen LogP) is 3.33. The van der Waals surface area contributed by atoms with Gasteiger partial charge in [-0.05, 0) is 71.1 Å². The summed E-state index contributed by atoms with van der Waals surface area (Å²) in [6, 6.07) is 12.1. The molecule has 1 aliphatic heterocycles. The van der Waals surface area contributed by atoms with Gasteiger partial charge in [0, 0.05) is 12.1 Å². The molecule has 1 fully saturated rings. The third kappa shape index (κ3) is 4.92. The summed E-state index contributed by atoms with van der Waals surface area (Å²) in [7, 11) is 2.23. The zero-order chi connectivity index (χ0) is 14.4. The van der Waals surface area contributed by atoms with Crippen molar-refractivity contribution in [3.63, 3.8) is 0 Å². The van der Waals surface area contributed by atoms with Crippen molar-refractivity contribution >= 4 is 0 Å². The second kappa shape index (κ2) is 7.80. The van der Waals surface area contributed by atoms with E-state index in [4.69, 9.17) is 0 Å².